The van der Waals surface area contributed by atoms with Gasteiger partial charge in [-0.1, -0.05) is 53.1 Å². The third kappa shape index (κ3) is 2.72. The van der Waals surface area contributed by atoms with Crippen LogP contribution in [-0.2, 0) is 0 Å². The van der Waals surface area contributed by atoms with Gasteiger partial charge >= 0.3 is 0 Å². The van der Waals surface area contributed by atoms with Crippen molar-refractivity contribution in [2.75, 3.05) is 0 Å². The van der Waals surface area contributed by atoms with Crippen molar-refractivity contribution in [1.29, 1.82) is 0 Å². The summed E-state index contributed by atoms with van der Waals surface area (Å²) < 4.78 is 0. The van der Waals surface area contributed by atoms with Crippen LogP contribution >= 0.6 is 11.1 Å². The van der Waals surface area contributed by atoms with Crippen LogP contribution in [0.4, 0.5) is 0 Å². The Labute approximate surface area is 110 Å². The van der Waals surface area contributed by atoms with E-state index in [-0.39, 0.29) is 0 Å². The molecule has 0 aliphatic heterocycles. The molecule has 1 aromatic rings. The van der Waals surface area contributed by atoms with Gasteiger partial charge in [-0.3, -0.25) is 0 Å². The SMILES string of the molecule is CC1=CC(C)=C(C)C1C[SiH](Cl)c1ccccc1. The van der Waals surface area contributed by atoms with Crippen LogP contribution in [-0.4, -0.2) is 8.11 Å². The van der Waals surface area contributed by atoms with Crippen LogP contribution < -0.4 is 5.19 Å². The topological polar surface area (TPSA) is 0 Å². The molecule has 0 N–H and O–H groups in total. The van der Waals surface area contributed by atoms with Crippen molar-refractivity contribution in [3.63, 3.8) is 0 Å². The fraction of sp³-hybridized carbons (Fsp3) is 0.333. The van der Waals surface area contributed by atoms with Crippen molar-refractivity contribution in [3.8, 4) is 0 Å². The predicted octanol–water partition coefficient (Wildman–Crippen LogP) is 3.77. The maximum absolute atomic E-state index is 6.65. The minimum atomic E-state index is -1.32. The fourth-order valence-corrected chi connectivity index (χ4v) is 5.56. The third-order valence-electron chi connectivity index (χ3n) is 3.74. The quantitative estimate of drug-likeness (QED) is 0.575. The Bertz CT molecular complexity index is 459. The minimum absolute atomic E-state index is 0.587. The highest BCUT2D eigenvalue weighted by atomic mass is 35.6. The standard InChI is InChI=1S/C15H19ClSi/c1-11-9-12(2)15(13(11)3)10-17(16)14-7-5-4-6-8-14/h4-9,15,17H,10H2,1-3H3. The zero-order valence-electron chi connectivity index (χ0n) is 10.7. The first-order valence-corrected chi connectivity index (χ1v) is 9.28. The van der Waals surface area contributed by atoms with Crippen LogP contribution in [0.5, 0.6) is 0 Å². The molecule has 0 nitrogen and oxygen atoms in total. The Morgan fingerprint density at radius 3 is 2.29 bits per heavy atom. The second kappa shape index (κ2) is 5.24. The molecule has 2 atom stereocenters. The molecule has 2 heteroatoms. The van der Waals surface area contributed by atoms with E-state index in [0.717, 1.165) is 6.04 Å². The Morgan fingerprint density at radius 2 is 1.76 bits per heavy atom. The van der Waals surface area contributed by atoms with Gasteiger partial charge in [0, 0.05) is 0 Å². The highest BCUT2D eigenvalue weighted by Crippen LogP contribution is 2.35. The van der Waals surface area contributed by atoms with E-state index in [0.29, 0.717) is 5.92 Å². The molecule has 0 amide bonds. The van der Waals surface area contributed by atoms with E-state index < -0.39 is 8.11 Å². The molecule has 0 heterocycles. The molecule has 0 aromatic heterocycles. The summed E-state index contributed by atoms with van der Waals surface area (Å²) in [6.45, 7) is 6.68. The molecule has 1 aliphatic rings. The van der Waals surface area contributed by atoms with Gasteiger partial charge < -0.3 is 0 Å². The molecule has 0 bridgehead atoms. The number of hydrogen-bond acceptors (Lipinski definition) is 0. The van der Waals surface area contributed by atoms with Gasteiger partial charge in [0.15, 0.2) is 8.11 Å². The maximum atomic E-state index is 6.65. The predicted molar refractivity (Wildman–Crippen MR) is 79.5 cm³/mol. The summed E-state index contributed by atoms with van der Waals surface area (Å²) in [5, 5.41) is 1.36. The molecule has 17 heavy (non-hydrogen) atoms. The van der Waals surface area contributed by atoms with E-state index in [1.165, 1.54) is 21.9 Å². The molecule has 0 saturated heterocycles. The Kier molecular flexibility index (Phi) is 3.90. The van der Waals surface area contributed by atoms with E-state index in [2.05, 4.69) is 57.2 Å². The van der Waals surface area contributed by atoms with Crippen molar-refractivity contribution in [3.05, 3.63) is 53.1 Å². The van der Waals surface area contributed by atoms with Crippen LogP contribution in [0, 0.1) is 5.92 Å². The molecule has 1 aliphatic carbocycles. The zero-order valence-corrected chi connectivity index (χ0v) is 12.6. The van der Waals surface area contributed by atoms with E-state index in [4.69, 9.17) is 11.1 Å². The number of rotatable bonds is 3. The lowest BCUT2D eigenvalue weighted by atomic mass is 10.00. The number of halogens is 1. The summed E-state index contributed by atoms with van der Waals surface area (Å²) in [4.78, 5) is 0. The molecule has 0 radical (unpaired) electrons. The monoisotopic (exact) mass is 262 g/mol. The summed E-state index contributed by atoms with van der Waals surface area (Å²) in [7, 11) is -1.32. The summed E-state index contributed by atoms with van der Waals surface area (Å²) in [6, 6.07) is 11.7. The van der Waals surface area contributed by atoms with Gasteiger partial charge in [-0.05, 0) is 37.9 Å². The summed E-state index contributed by atoms with van der Waals surface area (Å²) in [5.74, 6) is 0.587. The van der Waals surface area contributed by atoms with Crippen LogP contribution in [0.2, 0.25) is 6.04 Å². The molecule has 90 valence electrons. The smallest absolute Gasteiger partial charge is 0.165 e. The Hall–Kier alpha value is -0.793. The van der Waals surface area contributed by atoms with Crippen LogP contribution in [0.15, 0.2) is 53.1 Å². The second-order valence-corrected chi connectivity index (χ2v) is 8.57. The summed E-state index contributed by atoms with van der Waals surface area (Å²) in [6.07, 6.45) is 2.31. The van der Waals surface area contributed by atoms with E-state index in [1.54, 1.807) is 0 Å². The normalized spacial score (nSPS) is 21.6. The minimum Gasteiger partial charge on any atom is -0.165 e. The first-order valence-electron chi connectivity index (χ1n) is 6.14. The van der Waals surface area contributed by atoms with Gasteiger partial charge in [0.1, 0.15) is 0 Å². The van der Waals surface area contributed by atoms with Crippen molar-refractivity contribution >= 4 is 24.4 Å². The molecule has 0 fully saturated rings. The molecule has 2 unspecified atom stereocenters. The lowest BCUT2D eigenvalue weighted by Gasteiger charge is -2.18. The molecular weight excluding hydrogens is 244 g/mol. The number of benzene rings is 1. The van der Waals surface area contributed by atoms with Gasteiger partial charge in [0.05, 0.1) is 0 Å². The van der Waals surface area contributed by atoms with Gasteiger partial charge in [0.25, 0.3) is 0 Å². The molecular formula is C15H19ClSi. The van der Waals surface area contributed by atoms with Gasteiger partial charge in [0.2, 0.25) is 0 Å². The van der Waals surface area contributed by atoms with Crippen LogP contribution in [0.1, 0.15) is 20.8 Å². The van der Waals surface area contributed by atoms with Gasteiger partial charge in [-0.25, -0.2) is 0 Å². The summed E-state index contributed by atoms with van der Waals surface area (Å²) in [5.41, 5.74) is 4.42. The first-order chi connectivity index (χ1) is 8.09. The van der Waals surface area contributed by atoms with Gasteiger partial charge in [-0.2, -0.15) is 11.1 Å². The van der Waals surface area contributed by atoms with Gasteiger partial charge in [-0.15, -0.1) is 0 Å². The number of allylic oxidation sites excluding steroid dienone is 4. The average Bonchev–Trinajstić information content (AvgIpc) is 2.57. The molecule has 2 rings (SSSR count). The average molecular weight is 263 g/mol. The Morgan fingerprint density at radius 1 is 1.12 bits per heavy atom. The highest BCUT2D eigenvalue weighted by molar-refractivity contribution is 7.14. The lowest BCUT2D eigenvalue weighted by molar-refractivity contribution is 0.811. The molecule has 0 spiro atoms. The van der Waals surface area contributed by atoms with Crippen molar-refractivity contribution in [2.24, 2.45) is 5.92 Å². The van der Waals surface area contributed by atoms with Crippen LogP contribution in [0.3, 0.4) is 0 Å². The first kappa shape index (κ1) is 12.7. The van der Waals surface area contributed by atoms with E-state index in [1.807, 2.05) is 0 Å². The molecule has 0 saturated carbocycles. The lowest BCUT2D eigenvalue weighted by Crippen LogP contribution is -2.26. The second-order valence-electron chi connectivity index (χ2n) is 4.92. The maximum Gasteiger partial charge on any atom is 0.172 e. The Balaban J connectivity index is 2.11. The number of hydrogen-bond donors (Lipinski definition) is 0. The van der Waals surface area contributed by atoms with E-state index >= 15 is 0 Å². The largest absolute Gasteiger partial charge is 0.172 e. The van der Waals surface area contributed by atoms with Crippen LogP contribution in [0.25, 0.3) is 0 Å². The van der Waals surface area contributed by atoms with E-state index in [9.17, 15) is 0 Å². The van der Waals surface area contributed by atoms with Crippen molar-refractivity contribution in [1.82, 2.24) is 0 Å². The van der Waals surface area contributed by atoms with Crippen molar-refractivity contribution < 1.29 is 0 Å². The van der Waals surface area contributed by atoms with Crippen molar-refractivity contribution in [2.45, 2.75) is 26.8 Å². The highest BCUT2D eigenvalue weighted by Gasteiger charge is 2.24. The molecule has 1 aromatic carbocycles. The fourth-order valence-electron chi connectivity index (χ4n) is 2.54. The zero-order chi connectivity index (χ0) is 12.4. The third-order valence-corrected chi connectivity index (χ3v) is 7.03. The summed E-state index contributed by atoms with van der Waals surface area (Å²) >= 11 is 6.65.